The van der Waals surface area contributed by atoms with E-state index in [0.717, 1.165) is 0 Å². The van der Waals surface area contributed by atoms with Crippen LogP contribution in [0.5, 0.6) is 5.75 Å². The SMILES string of the molecule is Oc1ccc(NC(c2ccccc2)C2CC2)cc1F. The average Bonchev–Trinajstić information content (AvgIpc) is 3.25. The van der Waals surface area contributed by atoms with Crippen LogP contribution in [0.25, 0.3) is 0 Å². The summed E-state index contributed by atoms with van der Waals surface area (Å²) in [5, 5.41) is 12.6. The van der Waals surface area contributed by atoms with Gasteiger partial charge in [-0.05, 0) is 36.5 Å². The highest BCUT2D eigenvalue weighted by Crippen LogP contribution is 2.43. The van der Waals surface area contributed by atoms with E-state index in [2.05, 4.69) is 17.4 Å². The zero-order valence-electron chi connectivity index (χ0n) is 10.5. The second-order valence-electron chi connectivity index (χ2n) is 5.04. The Kier molecular flexibility index (Phi) is 3.11. The summed E-state index contributed by atoms with van der Waals surface area (Å²) in [6, 6.07) is 14.8. The van der Waals surface area contributed by atoms with Gasteiger partial charge >= 0.3 is 0 Å². The fraction of sp³-hybridized carbons (Fsp3) is 0.250. The van der Waals surface area contributed by atoms with Crippen LogP contribution in [0.2, 0.25) is 0 Å². The zero-order valence-corrected chi connectivity index (χ0v) is 10.5. The summed E-state index contributed by atoms with van der Waals surface area (Å²) in [6.45, 7) is 0. The number of hydrogen-bond acceptors (Lipinski definition) is 2. The van der Waals surface area contributed by atoms with Crippen LogP contribution in [0.1, 0.15) is 24.4 Å². The highest BCUT2D eigenvalue weighted by atomic mass is 19.1. The Morgan fingerprint density at radius 2 is 1.84 bits per heavy atom. The van der Waals surface area contributed by atoms with Gasteiger partial charge < -0.3 is 10.4 Å². The number of aromatic hydroxyl groups is 1. The van der Waals surface area contributed by atoms with E-state index in [1.54, 1.807) is 6.07 Å². The maximum absolute atomic E-state index is 13.4. The van der Waals surface area contributed by atoms with E-state index in [9.17, 15) is 9.50 Å². The van der Waals surface area contributed by atoms with Crippen molar-refractivity contribution in [2.24, 2.45) is 5.92 Å². The Morgan fingerprint density at radius 1 is 1.11 bits per heavy atom. The van der Waals surface area contributed by atoms with Crippen molar-refractivity contribution < 1.29 is 9.50 Å². The molecular formula is C16H16FNO. The summed E-state index contributed by atoms with van der Waals surface area (Å²) >= 11 is 0. The lowest BCUT2D eigenvalue weighted by molar-refractivity contribution is 0.432. The summed E-state index contributed by atoms with van der Waals surface area (Å²) in [7, 11) is 0. The second-order valence-corrected chi connectivity index (χ2v) is 5.04. The normalized spacial score (nSPS) is 16.1. The van der Waals surface area contributed by atoms with Gasteiger partial charge in [-0.25, -0.2) is 4.39 Å². The summed E-state index contributed by atoms with van der Waals surface area (Å²) in [4.78, 5) is 0. The molecule has 2 aromatic carbocycles. The molecule has 1 atom stereocenters. The lowest BCUT2D eigenvalue weighted by Crippen LogP contribution is -2.12. The molecule has 0 heterocycles. The van der Waals surface area contributed by atoms with Gasteiger partial charge in [0.15, 0.2) is 11.6 Å². The Bertz CT molecular complexity index is 566. The first-order chi connectivity index (χ1) is 9.24. The topological polar surface area (TPSA) is 32.3 Å². The molecule has 98 valence electrons. The molecule has 1 aliphatic carbocycles. The summed E-state index contributed by atoms with van der Waals surface area (Å²) < 4.78 is 13.4. The van der Waals surface area contributed by atoms with Gasteiger partial charge in [0.2, 0.25) is 0 Å². The quantitative estimate of drug-likeness (QED) is 0.808. The molecule has 2 N–H and O–H groups in total. The molecule has 0 amide bonds. The lowest BCUT2D eigenvalue weighted by atomic mass is 10.0. The molecule has 0 bridgehead atoms. The Balaban J connectivity index is 1.84. The Labute approximate surface area is 111 Å². The standard InChI is InChI=1S/C16H16FNO/c17-14-10-13(8-9-15(14)19)18-16(12-6-7-12)11-4-2-1-3-5-11/h1-5,8-10,12,16,18-19H,6-7H2. The van der Waals surface area contributed by atoms with Gasteiger partial charge in [0, 0.05) is 11.8 Å². The predicted octanol–water partition coefficient (Wildman–Crippen LogP) is 4.09. The predicted molar refractivity (Wildman–Crippen MR) is 73.6 cm³/mol. The number of nitrogens with one attached hydrogen (secondary N) is 1. The van der Waals surface area contributed by atoms with Crippen LogP contribution in [0.15, 0.2) is 48.5 Å². The van der Waals surface area contributed by atoms with Crippen LogP contribution in [0.3, 0.4) is 0 Å². The fourth-order valence-electron chi connectivity index (χ4n) is 2.34. The van der Waals surface area contributed by atoms with Crippen molar-refractivity contribution in [3.05, 3.63) is 59.9 Å². The van der Waals surface area contributed by atoms with E-state index >= 15 is 0 Å². The molecule has 1 saturated carbocycles. The molecule has 19 heavy (non-hydrogen) atoms. The largest absolute Gasteiger partial charge is 0.505 e. The first-order valence-electron chi connectivity index (χ1n) is 6.54. The van der Waals surface area contributed by atoms with Gasteiger partial charge in [-0.1, -0.05) is 30.3 Å². The van der Waals surface area contributed by atoms with Crippen molar-refractivity contribution in [1.29, 1.82) is 0 Å². The zero-order chi connectivity index (χ0) is 13.2. The van der Waals surface area contributed by atoms with Gasteiger partial charge in [-0.15, -0.1) is 0 Å². The third kappa shape index (κ3) is 2.70. The number of benzene rings is 2. The van der Waals surface area contributed by atoms with Crippen LogP contribution in [-0.4, -0.2) is 5.11 Å². The number of rotatable bonds is 4. The van der Waals surface area contributed by atoms with E-state index < -0.39 is 5.82 Å². The van der Waals surface area contributed by atoms with E-state index in [-0.39, 0.29) is 11.8 Å². The molecule has 2 aromatic rings. The van der Waals surface area contributed by atoms with Crippen LogP contribution in [0.4, 0.5) is 10.1 Å². The molecule has 0 saturated heterocycles. The number of phenols is 1. The second kappa shape index (κ2) is 4.92. The van der Waals surface area contributed by atoms with Gasteiger partial charge in [0.25, 0.3) is 0 Å². The van der Waals surface area contributed by atoms with E-state index in [1.807, 2.05) is 18.2 Å². The highest BCUT2D eigenvalue weighted by molar-refractivity contribution is 5.49. The minimum absolute atomic E-state index is 0.213. The Hall–Kier alpha value is -2.03. The smallest absolute Gasteiger partial charge is 0.166 e. The first kappa shape index (κ1) is 12.0. The average molecular weight is 257 g/mol. The molecule has 3 rings (SSSR count). The third-order valence-electron chi connectivity index (χ3n) is 3.52. The molecule has 0 radical (unpaired) electrons. The van der Waals surface area contributed by atoms with Gasteiger partial charge in [0.1, 0.15) is 0 Å². The molecule has 0 spiro atoms. The molecule has 0 aromatic heterocycles. The third-order valence-corrected chi connectivity index (χ3v) is 3.52. The van der Waals surface area contributed by atoms with Gasteiger partial charge in [0.05, 0.1) is 6.04 Å². The van der Waals surface area contributed by atoms with Gasteiger partial charge in [-0.2, -0.15) is 0 Å². The molecule has 3 heteroatoms. The number of halogens is 1. The summed E-state index contributed by atoms with van der Waals surface area (Å²) in [5.41, 5.74) is 1.93. The van der Waals surface area contributed by atoms with Crippen molar-refractivity contribution >= 4 is 5.69 Å². The number of anilines is 1. The van der Waals surface area contributed by atoms with Crippen molar-refractivity contribution in [2.45, 2.75) is 18.9 Å². The Morgan fingerprint density at radius 3 is 2.47 bits per heavy atom. The molecule has 1 unspecified atom stereocenters. The fourth-order valence-corrected chi connectivity index (χ4v) is 2.34. The van der Waals surface area contributed by atoms with Crippen LogP contribution in [-0.2, 0) is 0 Å². The molecule has 1 fully saturated rings. The van der Waals surface area contributed by atoms with Crippen LogP contribution in [0, 0.1) is 11.7 Å². The van der Waals surface area contributed by atoms with Crippen molar-refractivity contribution in [3.63, 3.8) is 0 Å². The van der Waals surface area contributed by atoms with Crippen molar-refractivity contribution in [2.75, 3.05) is 5.32 Å². The maximum atomic E-state index is 13.4. The molecular weight excluding hydrogens is 241 g/mol. The van der Waals surface area contributed by atoms with Crippen LogP contribution >= 0.6 is 0 Å². The first-order valence-corrected chi connectivity index (χ1v) is 6.54. The highest BCUT2D eigenvalue weighted by Gasteiger charge is 2.32. The van der Waals surface area contributed by atoms with Crippen LogP contribution < -0.4 is 5.32 Å². The summed E-state index contributed by atoms with van der Waals surface area (Å²) in [6.07, 6.45) is 2.40. The lowest BCUT2D eigenvalue weighted by Gasteiger charge is -2.20. The van der Waals surface area contributed by atoms with E-state index in [1.165, 1.54) is 30.5 Å². The number of phenolic OH excluding ortho intramolecular Hbond substituents is 1. The van der Waals surface area contributed by atoms with E-state index in [0.29, 0.717) is 11.6 Å². The number of hydrogen-bond donors (Lipinski definition) is 2. The van der Waals surface area contributed by atoms with Gasteiger partial charge in [-0.3, -0.25) is 0 Å². The summed E-state index contributed by atoms with van der Waals surface area (Å²) in [5.74, 6) is -0.292. The van der Waals surface area contributed by atoms with Crippen molar-refractivity contribution in [1.82, 2.24) is 0 Å². The monoisotopic (exact) mass is 257 g/mol. The van der Waals surface area contributed by atoms with E-state index in [4.69, 9.17) is 0 Å². The molecule has 2 nitrogen and oxygen atoms in total. The molecule has 0 aliphatic heterocycles. The minimum Gasteiger partial charge on any atom is -0.505 e. The molecule has 1 aliphatic rings. The van der Waals surface area contributed by atoms with Crippen molar-refractivity contribution in [3.8, 4) is 5.75 Å². The minimum atomic E-state index is -0.590. The maximum Gasteiger partial charge on any atom is 0.166 e.